The van der Waals surface area contributed by atoms with Crippen LogP contribution >= 0.6 is 0 Å². The van der Waals surface area contributed by atoms with E-state index in [1.165, 1.54) is 56.1 Å². The highest BCUT2D eigenvalue weighted by Crippen LogP contribution is 2.28. The highest BCUT2D eigenvalue weighted by atomic mass is 14.9. The fourth-order valence-corrected chi connectivity index (χ4v) is 3.25. The first-order valence-electron chi connectivity index (χ1n) is 8.08. The summed E-state index contributed by atoms with van der Waals surface area (Å²) in [5.41, 5.74) is 2.85. The van der Waals surface area contributed by atoms with Gasteiger partial charge in [-0.15, -0.1) is 0 Å². The third-order valence-corrected chi connectivity index (χ3v) is 4.45. The Bertz CT molecular complexity index is 348. The van der Waals surface area contributed by atoms with Crippen LogP contribution in [0.25, 0.3) is 0 Å². The third-order valence-electron chi connectivity index (χ3n) is 4.45. The maximum Gasteiger partial charge on any atom is 0.0136 e. The van der Waals surface area contributed by atoms with E-state index in [2.05, 4.69) is 43.4 Å². The van der Waals surface area contributed by atoms with Crippen LogP contribution < -0.4 is 5.32 Å². The molecule has 1 aliphatic rings. The minimum atomic E-state index is 0.683. The minimum Gasteiger partial charge on any atom is -0.313 e. The van der Waals surface area contributed by atoms with Crippen LogP contribution in [0.3, 0.4) is 0 Å². The molecule has 0 radical (unpaired) electrons. The zero-order valence-corrected chi connectivity index (χ0v) is 12.6. The van der Waals surface area contributed by atoms with Crippen LogP contribution in [-0.2, 0) is 6.42 Å². The molecule has 1 unspecified atom stereocenters. The zero-order valence-electron chi connectivity index (χ0n) is 12.6. The van der Waals surface area contributed by atoms with Gasteiger partial charge in [-0.3, -0.25) is 0 Å². The Morgan fingerprint density at radius 2 is 1.79 bits per heavy atom. The van der Waals surface area contributed by atoms with Crippen LogP contribution in [0.4, 0.5) is 0 Å². The summed E-state index contributed by atoms with van der Waals surface area (Å²) in [5, 5.41) is 3.80. The summed E-state index contributed by atoms with van der Waals surface area (Å²) in [6.45, 7) is 5.58. The Hall–Kier alpha value is -0.820. The molecule has 1 aromatic rings. The van der Waals surface area contributed by atoms with Crippen LogP contribution in [0.2, 0.25) is 0 Å². The van der Waals surface area contributed by atoms with Gasteiger partial charge in [-0.05, 0) is 50.6 Å². The number of rotatable bonds is 6. The Morgan fingerprint density at radius 1 is 1.11 bits per heavy atom. The van der Waals surface area contributed by atoms with Crippen molar-refractivity contribution in [1.29, 1.82) is 0 Å². The Morgan fingerprint density at radius 3 is 2.42 bits per heavy atom. The van der Waals surface area contributed by atoms with Crippen LogP contribution in [0.1, 0.15) is 56.6 Å². The molecular weight excluding hydrogens is 230 g/mol. The third kappa shape index (κ3) is 4.65. The molecule has 0 saturated heterocycles. The van der Waals surface area contributed by atoms with Gasteiger partial charge in [0.2, 0.25) is 0 Å². The second-order valence-corrected chi connectivity index (χ2v) is 6.15. The first-order chi connectivity index (χ1) is 9.29. The summed E-state index contributed by atoms with van der Waals surface area (Å²) >= 11 is 0. The van der Waals surface area contributed by atoms with E-state index in [1.54, 1.807) is 0 Å². The van der Waals surface area contributed by atoms with E-state index < -0.39 is 0 Å². The average molecular weight is 259 g/mol. The lowest BCUT2D eigenvalue weighted by molar-refractivity contribution is 0.267. The smallest absolute Gasteiger partial charge is 0.0136 e. The van der Waals surface area contributed by atoms with Crippen molar-refractivity contribution in [3.63, 3.8) is 0 Å². The molecule has 0 amide bonds. The predicted molar refractivity (Wildman–Crippen MR) is 83.5 cm³/mol. The van der Waals surface area contributed by atoms with Crippen LogP contribution in [-0.4, -0.2) is 12.6 Å². The van der Waals surface area contributed by atoms with Crippen molar-refractivity contribution in [3.8, 4) is 0 Å². The lowest BCUT2D eigenvalue weighted by Crippen LogP contribution is -2.39. The van der Waals surface area contributed by atoms with Crippen molar-refractivity contribution in [3.05, 3.63) is 35.4 Å². The highest BCUT2D eigenvalue weighted by Gasteiger charge is 2.23. The minimum absolute atomic E-state index is 0.683. The van der Waals surface area contributed by atoms with Crippen molar-refractivity contribution in [1.82, 2.24) is 5.32 Å². The topological polar surface area (TPSA) is 12.0 Å². The van der Waals surface area contributed by atoms with Crippen LogP contribution in [0.15, 0.2) is 24.3 Å². The molecule has 1 nitrogen and oxygen atoms in total. The molecule has 0 bridgehead atoms. The second-order valence-electron chi connectivity index (χ2n) is 6.15. The zero-order chi connectivity index (χ0) is 13.5. The van der Waals surface area contributed by atoms with Crippen LogP contribution in [0.5, 0.6) is 0 Å². The van der Waals surface area contributed by atoms with E-state index in [-0.39, 0.29) is 0 Å². The van der Waals surface area contributed by atoms with Crippen LogP contribution in [0, 0.1) is 12.8 Å². The monoisotopic (exact) mass is 259 g/mol. The van der Waals surface area contributed by atoms with Gasteiger partial charge < -0.3 is 5.32 Å². The van der Waals surface area contributed by atoms with E-state index >= 15 is 0 Å². The molecule has 1 atom stereocenters. The first-order valence-corrected chi connectivity index (χ1v) is 8.08. The van der Waals surface area contributed by atoms with Gasteiger partial charge in [-0.2, -0.15) is 0 Å². The van der Waals surface area contributed by atoms with Gasteiger partial charge in [0.25, 0.3) is 0 Å². The molecule has 0 aromatic heterocycles. The highest BCUT2D eigenvalue weighted by molar-refractivity contribution is 5.22. The summed E-state index contributed by atoms with van der Waals surface area (Å²) in [6, 6.07) is 9.78. The van der Waals surface area contributed by atoms with E-state index in [0.29, 0.717) is 6.04 Å². The molecule has 19 heavy (non-hydrogen) atoms. The summed E-state index contributed by atoms with van der Waals surface area (Å²) in [7, 11) is 0. The lowest BCUT2D eigenvalue weighted by atomic mass is 9.81. The van der Waals surface area contributed by atoms with Gasteiger partial charge in [0.15, 0.2) is 0 Å². The summed E-state index contributed by atoms with van der Waals surface area (Å²) in [4.78, 5) is 0. The SMILES string of the molecule is CCCNC(Cc1ccc(C)cc1)C1CCCCC1. The quantitative estimate of drug-likeness (QED) is 0.794. The van der Waals surface area contributed by atoms with Crippen molar-refractivity contribution in [2.45, 2.75) is 64.8 Å². The summed E-state index contributed by atoms with van der Waals surface area (Å²) in [6.07, 6.45) is 9.59. The normalized spacial score (nSPS) is 18.4. The van der Waals surface area contributed by atoms with E-state index in [1.807, 2.05) is 0 Å². The molecule has 106 valence electrons. The van der Waals surface area contributed by atoms with E-state index in [0.717, 1.165) is 12.5 Å². The van der Waals surface area contributed by atoms with Gasteiger partial charge >= 0.3 is 0 Å². The molecular formula is C18H29N. The number of hydrogen-bond acceptors (Lipinski definition) is 1. The maximum atomic E-state index is 3.80. The molecule has 1 heteroatoms. The van der Waals surface area contributed by atoms with Crippen molar-refractivity contribution in [2.75, 3.05) is 6.54 Å². The number of hydrogen-bond donors (Lipinski definition) is 1. The predicted octanol–water partition coefficient (Wildman–Crippen LogP) is 4.49. The van der Waals surface area contributed by atoms with Gasteiger partial charge in [0, 0.05) is 6.04 Å². The standard InChI is InChI=1S/C18H29N/c1-3-13-19-18(17-7-5-4-6-8-17)14-16-11-9-15(2)10-12-16/h9-12,17-19H,3-8,13-14H2,1-2H3. The Balaban J connectivity index is 1.97. The van der Waals surface area contributed by atoms with Crippen molar-refractivity contribution < 1.29 is 0 Å². The van der Waals surface area contributed by atoms with Crippen molar-refractivity contribution >= 4 is 0 Å². The number of aryl methyl sites for hydroxylation is 1. The fraction of sp³-hybridized carbons (Fsp3) is 0.667. The molecule has 2 rings (SSSR count). The molecule has 0 aliphatic heterocycles. The fourth-order valence-electron chi connectivity index (χ4n) is 3.25. The van der Waals surface area contributed by atoms with Gasteiger partial charge in [0.05, 0.1) is 0 Å². The lowest BCUT2D eigenvalue weighted by Gasteiger charge is -2.31. The molecule has 0 spiro atoms. The van der Waals surface area contributed by atoms with Gasteiger partial charge in [-0.25, -0.2) is 0 Å². The van der Waals surface area contributed by atoms with E-state index in [4.69, 9.17) is 0 Å². The molecule has 1 aliphatic carbocycles. The maximum absolute atomic E-state index is 3.80. The van der Waals surface area contributed by atoms with Gasteiger partial charge in [0.1, 0.15) is 0 Å². The number of nitrogens with one attached hydrogen (secondary N) is 1. The molecule has 1 aromatic carbocycles. The Labute approximate surface area is 118 Å². The molecule has 1 fully saturated rings. The summed E-state index contributed by atoms with van der Waals surface area (Å²) in [5.74, 6) is 0.890. The molecule has 0 heterocycles. The van der Waals surface area contributed by atoms with Gasteiger partial charge in [-0.1, -0.05) is 56.0 Å². The molecule has 1 N–H and O–H groups in total. The largest absolute Gasteiger partial charge is 0.313 e. The van der Waals surface area contributed by atoms with Crippen molar-refractivity contribution in [2.24, 2.45) is 5.92 Å². The summed E-state index contributed by atoms with van der Waals surface area (Å²) < 4.78 is 0. The second kappa shape index (κ2) is 7.69. The first kappa shape index (κ1) is 14.6. The molecule has 1 saturated carbocycles. The average Bonchev–Trinajstić information content (AvgIpc) is 2.46. The number of benzene rings is 1. The Kier molecular flexibility index (Phi) is 5.91. The van der Waals surface area contributed by atoms with E-state index in [9.17, 15) is 0 Å².